The molecule has 1 aromatic carbocycles. The number of nitrogens with one attached hydrogen (secondary N) is 1. The van der Waals surface area contributed by atoms with Crippen LogP contribution in [0.15, 0.2) is 41.4 Å². The second-order valence-electron chi connectivity index (χ2n) is 4.56. The van der Waals surface area contributed by atoms with Crippen LogP contribution >= 0.6 is 0 Å². The molecule has 3 N–H and O–H groups in total. The van der Waals surface area contributed by atoms with Crippen LogP contribution in [0.5, 0.6) is 5.88 Å². The van der Waals surface area contributed by atoms with Crippen molar-refractivity contribution in [2.24, 2.45) is 0 Å². The predicted molar refractivity (Wildman–Crippen MR) is 80.4 cm³/mol. The third-order valence-electron chi connectivity index (χ3n) is 2.98. The van der Waals surface area contributed by atoms with Gasteiger partial charge in [-0.2, -0.15) is 0 Å². The molecule has 0 amide bonds. The molecule has 0 radical (unpaired) electrons. The minimum atomic E-state index is -3.62. The number of aryl methyl sites for hydroxylation is 1. The first-order valence-electron chi connectivity index (χ1n) is 6.27. The predicted octanol–water partition coefficient (Wildman–Crippen LogP) is 1.46. The summed E-state index contributed by atoms with van der Waals surface area (Å²) in [6, 6.07) is 8.19. The lowest BCUT2D eigenvalue weighted by Gasteiger charge is -2.10. The first-order valence-corrected chi connectivity index (χ1v) is 7.75. The average molecular weight is 307 g/mol. The number of nitrogens with two attached hydrogens (primary N) is 1. The third-order valence-corrected chi connectivity index (χ3v) is 4.52. The van der Waals surface area contributed by atoms with Crippen molar-refractivity contribution < 1.29 is 13.2 Å². The number of sulfonamides is 1. The van der Waals surface area contributed by atoms with Gasteiger partial charge in [-0.25, -0.2) is 18.1 Å². The molecule has 0 aliphatic carbocycles. The van der Waals surface area contributed by atoms with Gasteiger partial charge in [-0.1, -0.05) is 6.07 Å². The van der Waals surface area contributed by atoms with E-state index in [0.29, 0.717) is 17.1 Å². The number of pyridine rings is 1. The van der Waals surface area contributed by atoms with Gasteiger partial charge in [0.15, 0.2) is 0 Å². The normalized spacial score (nSPS) is 11.3. The number of rotatable bonds is 5. The van der Waals surface area contributed by atoms with E-state index in [1.165, 1.54) is 13.2 Å². The Morgan fingerprint density at radius 3 is 2.76 bits per heavy atom. The summed E-state index contributed by atoms with van der Waals surface area (Å²) >= 11 is 0. The molecule has 0 atom stereocenters. The SMILES string of the molecule is COc1cc(CNS(=O)(=O)c2cc(N)ccc2C)ccn1. The molecule has 0 aliphatic heterocycles. The van der Waals surface area contributed by atoms with Gasteiger partial charge in [0.05, 0.1) is 12.0 Å². The number of anilines is 1. The van der Waals surface area contributed by atoms with Gasteiger partial charge in [-0.05, 0) is 36.2 Å². The van der Waals surface area contributed by atoms with Crippen molar-refractivity contribution in [2.45, 2.75) is 18.4 Å². The summed E-state index contributed by atoms with van der Waals surface area (Å²) in [4.78, 5) is 4.15. The zero-order valence-corrected chi connectivity index (χ0v) is 12.6. The number of benzene rings is 1. The van der Waals surface area contributed by atoms with Gasteiger partial charge < -0.3 is 10.5 Å². The third kappa shape index (κ3) is 3.71. The molecular weight excluding hydrogens is 290 g/mol. The molecule has 0 fully saturated rings. The topological polar surface area (TPSA) is 94.3 Å². The fraction of sp³-hybridized carbons (Fsp3) is 0.214. The summed E-state index contributed by atoms with van der Waals surface area (Å²) in [5.74, 6) is 0.437. The summed E-state index contributed by atoms with van der Waals surface area (Å²) in [6.07, 6.45) is 1.56. The summed E-state index contributed by atoms with van der Waals surface area (Å²) in [7, 11) is -2.12. The minimum Gasteiger partial charge on any atom is -0.481 e. The molecule has 0 bridgehead atoms. The fourth-order valence-electron chi connectivity index (χ4n) is 1.83. The van der Waals surface area contributed by atoms with Crippen molar-refractivity contribution in [2.75, 3.05) is 12.8 Å². The number of nitrogen functional groups attached to an aromatic ring is 1. The maximum Gasteiger partial charge on any atom is 0.241 e. The highest BCUT2D eigenvalue weighted by molar-refractivity contribution is 7.89. The van der Waals surface area contributed by atoms with Crippen LogP contribution in [0, 0.1) is 6.92 Å². The maximum absolute atomic E-state index is 12.3. The number of hydrogen-bond acceptors (Lipinski definition) is 5. The van der Waals surface area contributed by atoms with Crippen LogP contribution in [0.2, 0.25) is 0 Å². The van der Waals surface area contributed by atoms with Crippen LogP contribution in [0.4, 0.5) is 5.69 Å². The van der Waals surface area contributed by atoms with Crippen molar-refractivity contribution >= 4 is 15.7 Å². The van der Waals surface area contributed by atoms with Crippen LogP contribution in [0.1, 0.15) is 11.1 Å². The molecule has 1 heterocycles. The Morgan fingerprint density at radius 1 is 1.29 bits per heavy atom. The number of aromatic nitrogens is 1. The number of hydrogen-bond donors (Lipinski definition) is 2. The van der Waals surface area contributed by atoms with Crippen LogP contribution < -0.4 is 15.2 Å². The molecule has 7 heteroatoms. The first-order chi connectivity index (χ1) is 9.92. The van der Waals surface area contributed by atoms with Crippen molar-refractivity contribution in [3.8, 4) is 5.88 Å². The maximum atomic E-state index is 12.3. The van der Waals surface area contributed by atoms with E-state index in [2.05, 4.69) is 9.71 Å². The summed E-state index contributed by atoms with van der Waals surface area (Å²) in [5, 5.41) is 0. The van der Waals surface area contributed by atoms with E-state index in [-0.39, 0.29) is 11.4 Å². The molecule has 1 aromatic heterocycles. The molecule has 2 rings (SSSR count). The van der Waals surface area contributed by atoms with Crippen molar-refractivity contribution in [3.63, 3.8) is 0 Å². The Morgan fingerprint density at radius 2 is 2.05 bits per heavy atom. The molecule has 21 heavy (non-hydrogen) atoms. The molecular formula is C14H17N3O3S. The quantitative estimate of drug-likeness (QED) is 0.816. The largest absolute Gasteiger partial charge is 0.481 e. The van der Waals surface area contributed by atoms with E-state index in [9.17, 15) is 8.42 Å². The molecule has 112 valence electrons. The molecule has 0 saturated heterocycles. The molecule has 0 spiro atoms. The van der Waals surface area contributed by atoms with Crippen LogP contribution in [-0.4, -0.2) is 20.5 Å². The summed E-state index contributed by atoms with van der Waals surface area (Å²) in [5.41, 5.74) is 7.46. The van der Waals surface area contributed by atoms with Crippen LogP contribution in [-0.2, 0) is 16.6 Å². The Hall–Kier alpha value is -2.12. The van der Waals surface area contributed by atoms with E-state index < -0.39 is 10.0 Å². The van der Waals surface area contributed by atoms with Crippen molar-refractivity contribution in [3.05, 3.63) is 47.7 Å². The highest BCUT2D eigenvalue weighted by Crippen LogP contribution is 2.18. The lowest BCUT2D eigenvalue weighted by atomic mass is 10.2. The first kappa shape index (κ1) is 15.3. The minimum absolute atomic E-state index is 0.148. The zero-order chi connectivity index (χ0) is 15.5. The van der Waals surface area contributed by atoms with Gasteiger partial charge in [0.2, 0.25) is 15.9 Å². The Labute approximate surface area is 124 Å². The lowest BCUT2D eigenvalue weighted by molar-refractivity contribution is 0.397. The Kier molecular flexibility index (Phi) is 4.44. The Balaban J connectivity index is 2.19. The van der Waals surface area contributed by atoms with Crippen molar-refractivity contribution in [1.29, 1.82) is 0 Å². The van der Waals surface area contributed by atoms with Gasteiger partial charge in [0, 0.05) is 24.5 Å². The second kappa shape index (κ2) is 6.11. The van der Waals surface area contributed by atoms with Gasteiger partial charge >= 0.3 is 0 Å². The fourth-order valence-corrected chi connectivity index (χ4v) is 3.13. The summed E-state index contributed by atoms with van der Waals surface area (Å²) < 4.78 is 32.2. The van der Waals surface area contributed by atoms with Gasteiger partial charge in [-0.15, -0.1) is 0 Å². The zero-order valence-electron chi connectivity index (χ0n) is 11.8. The average Bonchev–Trinajstić information content (AvgIpc) is 2.48. The van der Waals surface area contributed by atoms with E-state index in [0.717, 1.165) is 5.56 Å². The van der Waals surface area contributed by atoms with Gasteiger partial charge in [0.1, 0.15) is 0 Å². The highest BCUT2D eigenvalue weighted by atomic mass is 32.2. The number of methoxy groups -OCH3 is 1. The summed E-state index contributed by atoms with van der Waals surface area (Å²) in [6.45, 7) is 1.87. The standard InChI is InChI=1S/C14H17N3O3S/c1-10-3-4-12(15)8-13(10)21(18,19)17-9-11-5-6-16-14(7-11)20-2/h3-8,17H,9,15H2,1-2H3. The molecule has 0 unspecified atom stereocenters. The highest BCUT2D eigenvalue weighted by Gasteiger charge is 2.16. The van der Waals surface area contributed by atoms with E-state index in [4.69, 9.17) is 10.5 Å². The second-order valence-corrected chi connectivity index (χ2v) is 6.29. The molecule has 0 saturated carbocycles. The molecule has 2 aromatic rings. The smallest absolute Gasteiger partial charge is 0.241 e. The Bertz CT molecular complexity index is 745. The van der Waals surface area contributed by atoms with Gasteiger partial charge in [0.25, 0.3) is 0 Å². The van der Waals surface area contributed by atoms with Gasteiger partial charge in [-0.3, -0.25) is 0 Å². The van der Waals surface area contributed by atoms with Crippen molar-refractivity contribution in [1.82, 2.24) is 9.71 Å². The lowest BCUT2D eigenvalue weighted by Crippen LogP contribution is -2.24. The molecule has 0 aliphatic rings. The van der Waals surface area contributed by atoms with Crippen LogP contribution in [0.3, 0.4) is 0 Å². The van der Waals surface area contributed by atoms with Crippen LogP contribution in [0.25, 0.3) is 0 Å². The van der Waals surface area contributed by atoms with E-state index in [1.54, 1.807) is 37.4 Å². The van der Waals surface area contributed by atoms with E-state index >= 15 is 0 Å². The molecule has 6 nitrogen and oxygen atoms in total. The number of nitrogens with zero attached hydrogens (tertiary/aromatic N) is 1. The number of ether oxygens (including phenoxy) is 1. The van der Waals surface area contributed by atoms with E-state index in [1.807, 2.05) is 0 Å². The monoisotopic (exact) mass is 307 g/mol.